The minimum absolute atomic E-state index is 0.0204. The van der Waals surface area contributed by atoms with Crippen LogP contribution in [0.2, 0.25) is 0 Å². The second-order valence-corrected chi connectivity index (χ2v) is 12.5. The van der Waals surface area contributed by atoms with Crippen molar-refractivity contribution < 1.29 is 43.2 Å². The van der Waals surface area contributed by atoms with Crippen molar-refractivity contribution in [2.45, 2.75) is 90.9 Å². The van der Waals surface area contributed by atoms with Crippen LogP contribution < -0.4 is 21.3 Å². The lowest BCUT2D eigenvalue weighted by Crippen LogP contribution is -2.47. The predicted octanol–water partition coefficient (Wildman–Crippen LogP) is 4.75. The fourth-order valence-corrected chi connectivity index (χ4v) is 3.87. The van der Waals surface area contributed by atoms with Crippen molar-refractivity contribution in [2.24, 2.45) is 4.99 Å². The molecule has 0 spiro atoms. The summed E-state index contributed by atoms with van der Waals surface area (Å²) in [6.45, 7) is 9.75. The van der Waals surface area contributed by atoms with Crippen molar-refractivity contribution in [1.82, 2.24) is 21.3 Å². The van der Waals surface area contributed by atoms with Gasteiger partial charge in [0.05, 0.1) is 12.6 Å². The molecule has 0 bridgehead atoms. The first-order chi connectivity index (χ1) is 22.1. The molecular formula is C33H47N5O9. The van der Waals surface area contributed by atoms with Crippen LogP contribution in [0.4, 0.5) is 19.2 Å². The third-order valence-corrected chi connectivity index (χ3v) is 5.85. The van der Waals surface area contributed by atoms with Gasteiger partial charge in [-0.05, 0) is 65.5 Å². The van der Waals surface area contributed by atoms with Crippen molar-refractivity contribution in [3.8, 4) is 0 Å². The molecule has 2 aromatic carbocycles. The van der Waals surface area contributed by atoms with Crippen molar-refractivity contribution in [3.63, 3.8) is 0 Å². The lowest BCUT2D eigenvalue weighted by molar-refractivity contribution is 0.0459. The number of hydrogen-bond acceptors (Lipinski definition) is 10. The second kappa shape index (κ2) is 19.0. The Morgan fingerprint density at radius 3 is 1.51 bits per heavy atom. The van der Waals surface area contributed by atoms with E-state index in [1.54, 1.807) is 90.1 Å². The molecule has 14 nitrogen and oxygen atoms in total. The quantitative estimate of drug-likeness (QED) is 0.122. The molecule has 14 heteroatoms. The smallest absolute Gasteiger partial charge is 0.414 e. The Labute approximate surface area is 275 Å². The van der Waals surface area contributed by atoms with Crippen LogP contribution >= 0.6 is 0 Å². The first kappa shape index (κ1) is 38.3. The standard InChI is InChI=1S/C33H47N5O9/c1-32(2,3)46-30(42)35-25(19-26(20-39)36-31(43)47-33(4,5)6)17-18-34-27(37-28(40)44-21-23-13-9-7-10-14-23)38-29(41)45-22-24-15-11-8-12-16-24/h7-16,25-26,39H,17-22H2,1-6H3,(H,35,42)(H,36,43)(H2,34,37,38,40,41)/t25-,26-/m0/s1. The zero-order valence-electron chi connectivity index (χ0n) is 27.8. The third kappa shape index (κ3) is 18.0. The number of aliphatic hydroxyl groups is 1. The SMILES string of the molecule is CC(C)(C)OC(=O)N[C@H](CO)C[C@H](CCN=C(NC(=O)OCc1ccccc1)NC(=O)OCc1ccccc1)NC(=O)OC(C)(C)C. The van der Waals surface area contributed by atoms with E-state index in [1.807, 2.05) is 12.1 Å². The van der Waals surface area contributed by atoms with E-state index >= 15 is 0 Å². The highest BCUT2D eigenvalue weighted by molar-refractivity contribution is 6.01. The van der Waals surface area contributed by atoms with Gasteiger partial charge in [-0.1, -0.05) is 60.7 Å². The van der Waals surface area contributed by atoms with E-state index in [9.17, 15) is 24.3 Å². The van der Waals surface area contributed by atoms with Crippen LogP contribution in [0.1, 0.15) is 65.5 Å². The van der Waals surface area contributed by atoms with E-state index in [1.165, 1.54) is 0 Å². The Hall–Kier alpha value is -4.85. The van der Waals surface area contributed by atoms with Crippen LogP contribution in [0.15, 0.2) is 65.7 Å². The van der Waals surface area contributed by atoms with Crippen LogP contribution in [0.3, 0.4) is 0 Å². The highest BCUT2D eigenvalue weighted by Crippen LogP contribution is 2.11. The summed E-state index contributed by atoms with van der Waals surface area (Å²) in [7, 11) is 0. The largest absolute Gasteiger partial charge is 0.444 e. The van der Waals surface area contributed by atoms with E-state index in [2.05, 4.69) is 26.3 Å². The number of guanidine groups is 1. The van der Waals surface area contributed by atoms with Gasteiger partial charge in [-0.2, -0.15) is 0 Å². The lowest BCUT2D eigenvalue weighted by Gasteiger charge is -2.27. The molecule has 5 N–H and O–H groups in total. The molecular weight excluding hydrogens is 610 g/mol. The number of nitrogens with zero attached hydrogens (tertiary/aromatic N) is 1. The zero-order chi connectivity index (χ0) is 34.9. The minimum Gasteiger partial charge on any atom is -0.444 e. The maximum absolute atomic E-state index is 12.6. The molecule has 0 heterocycles. The fourth-order valence-electron chi connectivity index (χ4n) is 3.87. The number of nitrogens with one attached hydrogen (secondary N) is 4. The highest BCUT2D eigenvalue weighted by atomic mass is 16.6. The van der Waals surface area contributed by atoms with Gasteiger partial charge in [0.15, 0.2) is 0 Å². The first-order valence-corrected chi connectivity index (χ1v) is 15.2. The number of aliphatic hydroxyl groups excluding tert-OH is 1. The van der Waals surface area contributed by atoms with Gasteiger partial charge in [-0.3, -0.25) is 15.6 Å². The predicted molar refractivity (Wildman–Crippen MR) is 174 cm³/mol. The zero-order valence-corrected chi connectivity index (χ0v) is 27.8. The van der Waals surface area contributed by atoms with Crippen molar-refractivity contribution in [1.29, 1.82) is 0 Å². The van der Waals surface area contributed by atoms with Gasteiger partial charge < -0.3 is 34.7 Å². The number of ether oxygens (including phenoxy) is 4. The van der Waals surface area contributed by atoms with Crippen LogP contribution in [0, 0.1) is 0 Å². The van der Waals surface area contributed by atoms with E-state index in [4.69, 9.17) is 18.9 Å². The summed E-state index contributed by atoms with van der Waals surface area (Å²) in [6, 6.07) is 16.6. The topological polar surface area (TPSA) is 186 Å². The maximum atomic E-state index is 12.6. The number of amides is 4. The van der Waals surface area contributed by atoms with Gasteiger partial charge >= 0.3 is 24.4 Å². The summed E-state index contributed by atoms with van der Waals surface area (Å²) in [5, 5.41) is 20.1. The van der Waals surface area contributed by atoms with E-state index in [0.717, 1.165) is 11.1 Å². The molecule has 0 aromatic heterocycles. The summed E-state index contributed by atoms with van der Waals surface area (Å²) in [5.74, 6) is -0.247. The fraction of sp³-hybridized carbons (Fsp3) is 0.485. The molecule has 0 radical (unpaired) electrons. The average molecular weight is 658 g/mol. The van der Waals surface area contributed by atoms with Crippen LogP contribution in [-0.4, -0.2) is 71.9 Å². The molecule has 258 valence electrons. The van der Waals surface area contributed by atoms with E-state index in [-0.39, 0.29) is 38.6 Å². The third-order valence-electron chi connectivity index (χ3n) is 5.85. The second-order valence-electron chi connectivity index (χ2n) is 12.5. The summed E-state index contributed by atoms with van der Waals surface area (Å²) in [4.78, 5) is 54.4. The maximum Gasteiger partial charge on any atom is 0.414 e. The molecule has 0 aliphatic rings. The molecule has 0 saturated carbocycles. The number of carbonyl (C=O) groups excluding carboxylic acids is 4. The summed E-state index contributed by atoms with van der Waals surface area (Å²) >= 11 is 0. The molecule has 2 rings (SSSR count). The number of hydrogen-bond donors (Lipinski definition) is 5. The highest BCUT2D eigenvalue weighted by Gasteiger charge is 2.25. The van der Waals surface area contributed by atoms with Gasteiger partial charge in [0, 0.05) is 12.6 Å². The molecule has 2 atom stereocenters. The number of alkyl carbamates (subject to hydrolysis) is 4. The van der Waals surface area contributed by atoms with Gasteiger partial charge in [0.2, 0.25) is 5.96 Å². The van der Waals surface area contributed by atoms with E-state index in [0.29, 0.717) is 0 Å². The lowest BCUT2D eigenvalue weighted by atomic mass is 10.0. The summed E-state index contributed by atoms with van der Waals surface area (Å²) in [6.07, 6.45) is -2.96. The van der Waals surface area contributed by atoms with Gasteiger partial charge in [-0.15, -0.1) is 0 Å². The number of aliphatic imine (C=N–C) groups is 1. The average Bonchev–Trinajstić information content (AvgIpc) is 2.97. The Balaban J connectivity index is 2.15. The summed E-state index contributed by atoms with van der Waals surface area (Å²) in [5.41, 5.74) is -0.0239. The molecule has 47 heavy (non-hydrogen) atoms. The molecule has 4 amide bonds. The Morgan fingerprint density at radius 2 is 1.11 bits per heavy atom. The van der Waals surface area contributed by atoms with Crippen molar-refractivity contribution in [2.75, 3.05) is 13.2 Å². The molecule has 0 aliphatic carbocycles. The molecule has 0 aliphatic heterocycles. The molecule has 0 unspecified atom stereocenters. The summed E-state index contributed by atoms with van der Waals surface area (Å²) < 4.78 is 21.2. The Bertz CT molecular complexity index is 1250. The van der Waals surface area contributed by atoms with Gasteiger partial charge in [-0.25, -0.2) is 19.2 Å². The normalized spacial score (nSPS) is 12.4. The van der Waals surface area contributed by atoms with Gasteiger partial charge in [0.25, 0.3) is 0 Å². The van der Waals surface area contributed by atoms with Crippen LogP contribution in [0.5, 0.6) is 0 Å². The minimum atomic E-state index is -0.874. The number of carbonyl (C=O) groups is 4. The van der Waals surface area contributed by atoms with Crippen LogP contribution in [0.25, 0.3) is 0 Å². The van der Waals surface area contributed by atoms with Crippen molar-refractivity contribution in [3.05, 3.63) is 71.8 Å². The number of rotatable bonds is 12. The first-order valence-electron chi connectivity index (χ1n) is 15.2. The Morgan fingerprint density at radius 1 is 0.681 bits per heavy atom. The van der Waals surface area contributed by atoms with Gasteiger partial charge in [0.1, 0.15) is 24.4 Å². The van der Waals surface area contributed by atoms with Crippen molar-refractivity contribution >= 4 is 30.3 Å². The molecule has 0 fully saturated rings. The van der Waals surface area contributed by atoms with Crippen LogP contribution in [-0.2, 0) is 32.2 Å². The Kier molecular flexibility index (Phi) is 15.5. The molecule has 0 saturated heterocycles. The molecule has 2 aromatic rings. The number of benzene rings is 2. The monoisotopic (exact) mass is 657 g/mol. The van der Waals surface area contributed by atoms with E-state index < -0.39 is 54.3 Å².